The molecule has 3 aromatic carbocycles. The van der Waals surface area contributed by atoms with E-state index in [1.54, 1.807) is 0 Å². The third-order valence-electron chi connectivity index (χ3n) is 4.48. The molecule has 27 heavy (non-hydrogen) atoms. The van der Waals surface area contributed by atoms with Crippen LogP contribution < -0.4 is 19.5 Å². The van der Waals surface area contributed by atoms with Crippen molar-refractivity contribution in [1.82, 2.24) is 5.32 Å². The van der Waals surface area contributed by atoms with Gasteiger partial charge in [-0.1, -0.05) is 42.5 Å². The molecular formula is C22H23NO4. The highest BCUT2D eigenvalue weighted by Gasteiger charge is 2.20. The molecule has 0 unspecified atom stereocenters. The highest BCUT2D eigenvalue weighted by atomic mass is 16.6. The molecule has 2 N–H and O–H groups in total. The fourth-order valence-corrected chi connectivity index (χ4v) is 3.08. The molecule has 0 saturated heterocycles. The van der Waals surface area contributed by atoms with Gasteiger partial charge in [-0.25, -0.2) is 0 Å². The number of benzene rings is 3. The maximum absolute atomic E-state index is 10.2. The molecule has 5 nitrogen and oxygen atoms in total. The molecule has 2 atom stereocenters. The Kier molecular flexibility index (Phi) is 5.42. The molecule has 140 valence electrons. The Morgan fingerprint density at radius 3 is 2.67 bits per heavy atom. The maximum Gasteiger partial charge on any atom is 0.161 e. The van der Waals surface area contributed by atoms with Crippen LogP contribution >= 0.6 is 0 Å². The standard InChI is InChI=1S/C22H23NO4/c24-18(14-25-19-10-9-16-5-1-2-6-17(16)11-19)12-23-13-20-15-26-21-7-3-4-8-22(21)27-20/h1-11,18,20,23-24H,12-15H2/t18-,20-/m0/s1. The molecular weight excluding hydrogens is 342 g/mol. The van der Waals surface area contributed by atoms with E-state index in [2.05, 4.69) is 11.4 Å². The maximum atomic E-state index is 10.2. The highest BCUT2D eigenvalue weighted by Crippen LogP contribution is 2.30. The lowest BCUT2D eigenvalue weighted by Gasteiger charge is -2.27. The summed E-state index contributed by atoms with van der Waals surface area (Å²) in [5, 5.41) is 15.7. The number of hydrogen-bond acceptors (Lipinski definition) is 5. The van der Waals surface area contributed by atoms with Gasteiger partial charge >= 0.3 is 0 Å². The van der Waals surface area contributed by atoms with Gasteiger partial charge in [-0.05, 0) is 35.0 Å². The van der Waals surface area contributed by atoms with E-state index in [0.717, 1.165) is 22.6 Å². The Hall–Kier alpha value is -2.76. The van der Waals surface area contributed by atoms with Gasteiger partial charge in [0.05, 0.1) is 0 Å². The molecule has 0 saturated carbocycles. The quantitative estimate of drug-likeness (QED) is 0.674. The third-order valence-corrected chi connectivity index (χ3v) is 4.48. The first-order valence-electron chi connectivity index (χ1n) is 9.17. The predicted octanol–water partition coefficient (Wildman–Crippen LogP) is 3.01. The summed E-state index contributed by atoms with van der Waals surface area (Å²) in [7, 11) is 0. The van der Waals surface area contributed by atoms with Crippen LogP contribution in [0.2, 0.25) is 0 Å². The second kappa shape index (κ2) is 8.29. The monoisotopic (exact) mass is 365 g/mol. The normalized spacial score (nSPS) is 16.9. The van der Waals surface area contributed by atoms with E-state index in [9.17, 15) is 5.11 Å². The zero-order chi connectivity index (χ0) is 18.5. The van der Waals surface area contributed by atoms with Crippen molar-refractivity contribution in [3.63, 3.8) is 0 Å². The van der Waals surface area contributed by atoms with Crippen LogP contribution in [0.1, 0.15) is 0 Å². The topological polar surface area (TPSA) is 60.0 Å². The van der Waals surface area contributed by atoms with Crippen molar-refractivity contribution in [1.29, 1.82) is 0 Å². The van der Waals surface area contributed by atoms with E-state index in [4.69, 9.17) is 14.2 Å². The Balaban J connectivity index is 1.20. The average molecular weight is 365 g/mol. The van der Waals surface area contributed by atoms with Crippen molar-refractivity contribution >= 4 is 10.8 Å². The molecule has 0 aromatic heterocycles. The van der Waals surface area contributed by atoms with Gasteiger partial charge in [0.2, 0.25) is 0 Å². The Morgan fingerprint density at radius 1 is 1.00 bits per heavy atom. The zero-order valence-corrected chi connectivity index (χ0v) is 15.0. The molecule has 5 heteroatoms. The van der Waals surface area contributed by atoms with Gasteiger partial charge in [-0.2, -0.15) is 0 Å². The van der Waals surface area contributed by atoms with Crippen molar-refractivity contribution in [2.75, 3.05) is 26.3 Å². The minimum absolute atomic E-state index is 0.0755. The lowest BCUT2D eigenvalue weighted by Crippen LogP contribution is -2.41. The van der Waals surface area contributed by atoms with Crippen LogP contribution in [0.4, 0.5) is 0 Å². The van der Waals surface area contributed by atoms with Crippen LogP contribution in [0, 0.1) is 0 Å². The summed E-state index contributed by atoms with van der Waals surface area (Å²) < 4.78 is 17.3. The summed E-state index contributed by atoms with van der Waals surface area (Å²) >= 11 is 0. The fourth-order valence-electron chi connectivity index (χ4n) is 3.08. The SMILES string of the molecule is O[C@@H](CNC[C@H]1COc2ccccc2O1)COc1ccc2ccccc2c1. The van der Waals surface area contributed by atoms with E-state index in [1.165, 1.54) is 5.39 Å². The largest absolute Gasteiger partial charge is 0.491 e. The van der Waals surface area contributed by atoms with Gasteiger partial charge in [0, 0.05) is 13.1 Å². The zero-order valence-electron chi connectivity index (χ0n) is 15.0. The number of nitrogens with one attached hydrogen (secondary N) is 1. The summed E-state index contributed by atoms with van der Waals surface area (Å²) in [5.41, 5.74) is 0. The molecule has 3 aromatic rings. The number of aliphatic hydroxyl groups is 1. The van der Waals surface area contributed by atoms with Crippen molar-refractivity contribution in [3.05, 3.63) is 66.7 Å². The second-order valence-electron chi connectivity index (χ2n) is 6.63. The smallest absolute Gasteiger partial charge is 0.161 e. The van der Waals surface area contributed by atoms with Gasteiger partial charge in [0.15, 0.2) is 11.5 Å². The second-order valence-corrected chi connectivity index (χ2v) is 6.63. The van der Waals surface area contributed by atoms with Crippen LogP contribution in [0.15, 0.2) is 66.7 Å². The minimum Gasteiger partial charge on any atom is -0.491 e. The highest BCUT2D eigenvalue weighted by molar-refractivity contribution is 5.83. The lowest BCUT2D eigenvalue weighted by molar-refractivity contribution is 0.0778. The number of para-hydroxylation sites is 2. The number of hydrogen-bond donors (Lipinski definition) is 2. The first kappa shape index (κ1) is 17.6. The van der Waals surface area contributed by atoms with Crippen LogP contribution in [0.3, 0.4) is 0 Å². The minimum atomic E-state index is -0.603. The number of fused-ring (bicyclic) bond motifs is 2. The molecule has 1 aliphatic heterocycles. The first-order chi connectivity index (χ1) is 13.3. The van der Waals surface area contributed by atoms with E-state index in [-0.39, 0.29) is 12.7 Å². The van der Waals surface area contributed by atoms with Gasteiger partial charge in [-0.15, -0.1) is 0 Å². The third kappa shape index (κ3) is 4.51. The van der Waals surface area contributed by atoms with Crippen molar-refractivity contribution in [2.45, 2.75) is 12.2 Å². The van der Waals surface area contributed by atoms with Crippen molar-refractivity contribution in [2.24, 2.45) is 0 Å². The predicted molar refractivity (Wildman–Crippen MR) is 105 cm³/mol. The molecule has 0 bridgehead atoms. The van der Waals surface area contributed by atoms with Crippen LogP contribution in [0.25, 0.3) is 10.8 Å². The molecule has 1 aliphatic rings. The van der Waals surface area contributed by atoms with E-state index in [1.807, 2.05) is 60.7 Å². The van der Waals surface area contributed by atoms with E-state index < -0.39 is 6.10 Å². The number of rotatable bonds is 7. The Morgan fingerprint density at radius 2 is 1.78 bits per heavy atom. The van der Waals surface area contributed by atoms with E-state index >= 15 is 0 Å². The van der Waals surface area contributed by atoms with E-state index in [0.29, 0.717) is 19.7 Å². The summed E-state index contributed by atoms with van der Waals surface area (Å²) in [6.07, 6.45) is -0.679. The van der Waals surface area contributed by atoms with Crippen LogP contribution in [-0.2, 0) is 0 Å². The Bertz CT molecular complexity index is 898. The van der Waals surface area contributed by atoms with Gasteiger partial charge < -0.3 is 24.6 Å². The average Bonchev–Trinajstić information content (AvgIpc) is 2.72. The van der Waals surface area contributed by atoms with Gasteiger partial charge in [0.25, 0.3) is 0 Å². The fraction of sp³-hybridized carbons (Fsp3) is 0.273. The molecule has 0 fully saturated rings. The van der Waals surface area contributed by atoms with Gasteiger partial charge in [-0.3, -0.25) is 0 Å². The van der Waals surface area contributed by atoms with Gasteiger partial charge in [0.1, 0.15) is 31.2 Å². The van der Waals surface area contributed by atoms with Crippen molar-refractivity contribution < 1.29 is 19.3 Å². The molecule has 0 radical (unpaired) electrons. The summed E-state index contributed by atoms with van der Waals surface area (Å²) in [6, 6.07) is 21.7. The van der Waals surface area contributed by atoms with Crippen LogP contribution in [0.5, 0.6) is 17.2 Å². The number of ether oxygens (including phenoxy) is 3. The first-order valence-corrected chi connectivity index (χ1v) is 9.17. The molecule has 0 amide bonds. The lowest BCUT2D eigenvalue weighted by atomic mass is 10.1. The van der Waals surface area contributed by atoms with Crippen LogP contribution in [-0.4, -0.2) is 43.6 Å². The molecule has 4 rings (SSSR count). The molecule has 1 heterocycles. The Labute approximate surface area is 158 Å². The number of aliphatic hydroxyl groups excluding tert-OH is 1. The molecule has 0 spiro atoms. The van der Waals surface area contributed by atoms with Crippen molar-refractivity contribution in [3.8, 4) is 17.2 Å². The summed E-state index contributed by atoms with van der Waals surface area (Å²) in [6.45, 7) is 1.75. The summed E-state index contributed by atoms with van der Waals surface area (Å²) in [4.78, 5) is 0. The molecule has 0 aliphatic carbocycles. The summed E-state index contributed by atoms with van der Waals surface area (Å²) in [5.74, 6) is 2.29.